The quantitative estimate of drug-likeness (QED) is 0.201. The zero-order chi connectivity index (χ0) is 30.7. The third kappa shape index (κ3) is 5.18. The highest BCUT2D eigenvalue weighted by atomic mass is 16.5. The minimum Gasteiger partial charge on any atom is -0.459 e. The normalized spacial score (nSPS) is 28.3. The lowest BCUT2D eigenvalue weighted by atomic mass is 9.48. The summed E-state index contributed by atoms with van der Waals surface area (Å²) in [6.07, 6.45) is 9.33. The molecule has 0 N–H and O–H groups in total. The Bertz CT molecular complexity index is 1700. The molecule has 2 heterocycles. The Morgan fingerprint density at radius 1 is 0.844 bits per heavy atom. The van der Waals surface area contributed by atoms with Gasteiger partial charge in [-0.3, -0.25) is 4.79 Å². The van der Waals surface area contributed by atoms with Crippen LogP contribution in [0.3, 0.4) is 0 Å². The Kier molecular flexibility index (Phi) is 7.11. The topological polar surface area (TPSA) is 51.5 Å². The zero-order valence-corrected chi connectivity index (χ0v) is 26.6. The van der Waals surface area contributed by atoms with Gasteiger partial charge >= 0.3 is 5.97 Å². The summed E-state index contributed by atoms with van der Waals surface area (Å²) >= 11 is 0. The molecule has 1 amide bonds. The fourth-order valence-electron chi connectivity index (χ4n) is 10.3. The van der Waals surface area contributed by atoms with Crippen molar-refractivity contribution in [2.24, 2.45) is 23.2 Å². The summed E-state index contributed by atoms with van der Waals surface area (Å²) in [5, 5.41) is 1.21. The van der Waals surface area contributed by atoms with E-state index in [0.29, 0.717) is 6.42 Å². The number of benzene rings is 3. The predicted molar refractivity (Wildman–Crippen MR) is 176 cm³/mol. The van der Waals surface area contributed by atoms with Crippen LogP contribution < -0.4 is 0 Å². The largest absolute Gasteiger partial charge is 0.459 e. The van der Waals surface area contributed by atoms with Crippen LogP contribution in [0.5, 0.6) is 0 Å². The molecule has 4 fully saturated rings. The third-order valence-electron chi connectivity index (χ3n) is 11.6. The van der Waals surface area contributed by atoms with Gasteiger partial charge in [0.05, 0.1) is 6.04 Å². The summed E-state index contributed by atoms with van der Waals surface area (Å²) < 4.78 is 8.48. The van der Waals surface area contributed by atoms with Crippen molar-refractivity contribution in [3.8, 4) is 0 Å². The van der Waals surface area contributed by atoms with Gasteiger partial charge in [-0.25, -0.2) is 4.79 Å². The number of nitrogens with zero attached hydrogens (tertiary/aromatic N) is 2. The highest BCUT2D eigenvalue weighted by Gasteiger charge is 2.54. The van der Waals surface area contributed by atoms with Crippen molar-refractivity contribution in [2.45, 2.75) is 90.4 Å². The number of carbonyl (C=O) groups excluding carboxylic acids is 2. The van der Waals surface area contributed by atoms with Crippen molar-refractivity contribution < 1.29 is 14.3 Å². The van der Waals surface area contributed by atoms with E-state index in [1.807, 2.05) is 35.2 Å². The van der Waals surface area contributed by atoms with Gasteiger partial charge < -0.3 is 14.2 Å². The lowest BCUT2D eigenvalue weighted by Crippen LogP contribution is -2.54. The van der Waals surface area contributed by atoms with Crippen LogP contribution in [0.15, 0.2) is 78.9 Å². The van der Waals surface area contributed by atoms with Gasteiger partial charge in [-0.05, 0) is 104 Å². The molecule has 4 aliphatic carbocycles. The molecule has 4 saturated carbocycles. The fourth-order valence-corrected chi connectivity index (χ4v) is 10.3. The third-order valence-corrected chi connectivity index (χ3v) is 11.6. The first-order valence-corrected chi connectivity index (χ1v) is 17.0. The van der Waals surface area contributed by atoms with E-state index in [-0.39, 0.29) is 29.9 Å². The molecule has 1 aromatic heterocycles. The minimum absolute atomic E-state index is 0.0373. The number of aryl methyl sites for hydroxylation is 1. The van der Waals surface area contributed by atoms with Crippen molar-refractivity contribution in [1.29, 1.82) is 0 Å². The SMILES string of the molecule is CC(=O)N1[C@H](CC23CC4CC(CC(C4)C2)C3)c2c(c3cc(C)ccc3n2Cc2ccccc2)C[C@H]1C(=O)OCc1ccccc1. The van der Waals surface area contributed by atoms with E-state index in [1.54, 1.807) is 6.92 Å². The fraction of sp³-hybridized carbons (Fsp3) is 0.450. The highest BCUT2D eigenvalue weighted by Crippen LogP contribution is 2.63. The molecule has 4 bridgehead atoms. The van der Waals surface area contributed by atoms with Gasteiger partial charge in [-0.2, -0.15) is 0 Å². The number of amides is 1. The van der Waals surface area contributed by atoms with Gasteiger partial charge in [0, 0.05) is 36.5 Å². The van der Waals surface area contributed by atoms with Crippen LogP contribution in [0.4, 0.5) is 0 Å². The van der Waals surface area contributed by atoms with Crippen LogP contribution in [0, 0.1) is 30.1 Å². The first-order valence-electron chi connectivity index (χ1n) is 17.0. The molecule has 0 unspecified atom stereocenters. The smallest absolute Gasteiger partial charge is 0.329 e. The average Bonchev–Trinajstić information content (AvgIpc) is 3.32. The maximum absolute atomic E-state index is 14.1. The lowest BCUT2D eigenvalue weighted by Gasteiger charge is -2.58. The van der Waals surface area contributed by atoms with Crippen LogP contribution in [-0.2, 0) is 33.9 Å². The summed E-state index contributed by atoms with van der Waals surface area (Å²) in [5.74, 6) is 2.11. The van der Waals surface area contributed by atoms with E-state index in [0.717, 1.165) is 36.3 Å². The molecular formula is C40H44N2O3. The molecule has 4 aromatic rings. The second-order valence-electron chi connectivity index (χ2n) is 14.8. The van der Waals surface area contributed by atoms with Crippen LogP contribution in [-0.4, -0.2) is 27.4 Å². The highest BCUT2D eigenvalue weighted by molar-refractivity contribution is 5.91. The Labute approximate surface area is 266 Å². The van der Waals surface area contributed by atoms with Gasteiger partial charge in [-0.1, -0.05) is 72.3 Å². The number of ether oxygens (including phenoxy) is 1. The van der Waals surface area contributed by atoms with Crippen molar-refractivity contribution in [1.82, 2.24) is 9.47 Å². The van der Waals surface area contributed by atoms with E-state index in [4.69, 9.17) is 4.74 Å². The van der Waals surface area contributed by atoms with Gasteiger partial charge in [0.1, 0.15) is 12.6 Å². The van der Waals surface area contributed by atoms with Gasteiger partial charge in [-0.15, -0.1) is 0 Å². The van der Waals surface area contributed by atoms with E-state index >= 15 is 0 Å². The number of hydrogen-bond acceptors (Lipinski definition) is 3. The van der Waals surface area contributed by atoms with E-state index in [2.05, 4.69) is 60.0 Å². The molecule has 232 valence electrons. The summed E-state index contributed by atoms with van der Waals surface area (Å²) in [7, 11) is 0. The molecule has 1 aliphatic heterocycles. The molecule has 2 atom stereocenters. The summed E-state index contributed by atoms with van der Waals surface area (Å²) in [5.41, 5.74) is 7.27. The summed E-state index contributed by atoms with van der Waals surface area (Å²) in [6.45, 7) is 4.75. The van der Waals surface area contributed by atoms with Crippen molar-refractivity contribution >= 4 is 22.8 Å². The molecule has 0 saturated heterocycles. The van der Waals surface area contributed by atoms with Crippen molar-refractivity contribution in [3.05, 3.63) is 107 Å². The molecule has 45 heavy (non-hydrogen) atoms. The van der Waals surface area contributed by atoms with Gasteiger partial charge in [0.2, 0.25) is 5.91 Å². The Balaban J connectivity index is 1.26. The number of hydrogen-bond donors (Lipinski definition) is 0. The number of rotatable bonds is 7. The Morgan fingerprint density at radius 2 is 1.47 bits per heavy atom. The average molecular weight is 601 g/mol. The van der Waals surface area contributed by atoms with Gasteiger partial charge in [0.25, 0.3) is 0 Å². The molecule has 3 aromatic carbocycles. The maximum Gasteiger partial charge on any atom is 0.329 e. The number of aromatic nitrogens is 1. The zero-order valence-electron chi connectivity index (χ0n) is 26.6. The number of fused-ring (bicyclic) bond motifs is 3. The lowest BCUT2D eigenvalue weighted by molar-refractivity contribution is -0.160. The summed E-state index contributed by atoms with van der Waals surface area (Å²) in [6, 6.07) is 26.4. The monoisotopic (exact) mass is 600 g/mol. The number of carbonyl (C=O) groups is 2. The Hall–Kier alpha value is -3.86. The van der Waals surface area contributed by atoms with E-state index in [1.165, 1.54) is 71.8 Å². The molecule has 5 heteroatoms. The number of esters is 1. The van der Waals surface area contributed by atoms with E-state index in [9.17, 15) is 9.59 Å². The van der Waals surface area contributed by atoms with Crippen LogP contribution in [0.25, 0.3) is 10.9 Å². The van der Waals surface area contributed by atoms with Crippen LogP contribution in [0.2, 0.25) is 0 Å². The van der Waals surface area contributed by atoms with Crippen molar-refractivity contribution in [3.63, 3.8) is 0 Å². The minimum atomic E-state index is -0.645. The molecule has 5 nitrogen and oxygen atoms in total. The first-order chi connectivity index (χ1) is 21.9. The van der Waals surface area contributed by atoms with Crippen LogP contribution >= 0.6 is 0 Å². The molecular weight excluding hydrogens is 556 g/mol. The standard InChI is InChI=1S/C40H44N2O3/c1-26-13-14-35-33(15-26)34-19-36(39(44)45-25-29-11-7-4-8-12-29)42(27(2)43)37(38(34)41(35)24-28-9-5-3-6-10-28)23-40-20-30-16-31(21-40)18-32(17-30)22-40/h3-15,30-32,36-37H,16-25H2,1-2H3/t30?,31?,32?,36-,37+,40?/m0/s1. The second kappa shape index (κ2) is 11.2. The van der Waals surface area contributed by atoms with Gasteiger partial charge in [0.15, 0.2) is 0 Å². The Morgan fingerprint density at radius 3 is 2.09 bits per heavy atom. The van der Waals surface area contributed by atoms with Crippen LogP contribution in [0.1, 0.15) is 85.9 Å². The first kappa shape index (κ1) is 28.6. The van der Waals surface area contributed by atoms with Crippen molar-refractivity contribution in [2.75, 3.05) is 0 Å². The maximum atomic E-state index is 14.1. The van der Waals surface area contributed by atoms with E-state index < -0.39 is 6.04 Å². The molecule has 0 radical (unpaired) electrons. The molecule has 9 rings (SSSR count). The molecule has 5 aliphatic rings. The molecule has 0 spiro atoms. The predicted octanol–water partition coefficient (Wildman–Crippen LogP) is 8.16. The summed E-state index contributed by atoms with van der Waals surface area (Å²) in [4.78, 5) is 29.9. The second-order valence-corrected chi connectivity index (χ2v) is 14.8.